The molecule has 0 atom stereocenters. The Morgan fingerprint density at radius 2 is 1.96 bits per heavy atom. The van der Waals surface area contributed by atoms with Crippen LogP contribution in [0.4, 0.5) is 0 Å². The highest BCUT2D eigenvalue weighted by Gasteiger charge is 2.14. The number of esters is 1. The highest BCUT2D eigenvalue weighted by atomic mass is 32.1. The van der Waals surface area contributed by atoms with E-state index in [0.29, 0.717) is 11.1 Å². The molecule has 0 amide bonds. The number of aryl methyl sites for hydroxylation is 1. The van der Waals surface area contributed by atoms with Crippen molar-refractivity contribution in [1.82, 2.24) is 4.98 Å². The topological polar surface area (TPSA) is 63.0 Å². The number of aromatic nitrogens is 1. The van der Waals surface area contributed by atoms with Crippen molar-refractivity contribution in [3.05, 3.63) is 76.3 Å². The number of rotatable bonds is 5. The van der Waals surface area contributed by atoms with E-state index in [2.05, 4.69) is 30.1 Å². The fourth-order valence-electron chi connectivity index (χ4n) is 2.36. The molecular weight excluding hydrogens is 332 g/mol. The third kappa shape index (κ3) is 3.93. The number of thiazole rings is 1. The number of hydrogen-bond acceptors (Lipinski definition) is 5. The van der Waals surface area contributed by atoms with Gasteiger partial charge in [-0.2, -0.15) is 5.26 Å². The van der Waals surface area contributed by atoms with E-state index >= 15 is 0 Å². The van der Waals surface area contributed by atoms with Gasteiger partial charge in [0.25, 0.3) is 0 Å². The number of ether oxygens (including phenoxy) is 1. The Hall–Kier alpha value is -2.97. The SMILES string of the molecule is CCc1ccc(-c2nc(C(=O)OCc3ccccc3C#N)cs2)cc1. The maximum Gasteiger partial charge on any atom is 0.358 e. The molecule has 3 aromatic rings. The fraction of sp³-hybridized carbons (Fsp3) is 0.150. The monoisotopic (exact) mass is 348 g/mol. The molecule has 124 valence electrons. The van der Waals surface area contributed by atoms with Crippen LogP contribution in [-0.2, 0) is 17.8 Å². The van der Waals surface area contributed by atoms with Gasteiger partial charge >= 0.3 is 5.97 Å². The molecule has 0 aliphatic heterocycles. The standard InChI is InChI=1S/C20H16N2O2S/c1-2-14-7-9-15(10-8-14)19-22-18(13-25-19)20(23)24-12-17-6-4-3-5-16(17)11-21/h3-10,13H,2,12H2,1H3. The van der Waals surface area contributed by atoms with Gasteiger partial charge in [0.15, 0.2) is 5.69 Å². The van der Waals surface area contributed by atoms with E-state index in [1.54, 1.807) is 23.6 Å². The van der Waals surface area contributed by atoms with E-state index in [0.717, 1.165) is 17.0 Å². The molecule has 1 heterocycles. The van der Waals surface area contributed by atoms with Crippen LogP contribution in [0, 0.1) is 11.3 Å². The van der Waals surface area contributed by atoms with Crippen LogP contribution >= 0.6 is 11.3 Å². The molecule has 5 heteroatoms. The Morgan fingerprint density at radius 3 is 2.68 bits per heavy atom. The number of carbonyl (C=O) groups excluding carboxylic acids is 1. The minimum Gasteiger partial charge on any atom is -0.456 e. The van der Waals surface area contributed by atoms with Gasteiger partial charge in [-0.25, -0.2) is 9.78 Å². The largest absolute Gasteiger partial charge is 0.456 e. The minimum absolute atomic E-state index is 0.0562. The summed E-state index contributed by atoms with van der Waals surface area (Å²) < 4.78 is 5.30. The third-order valence-corrected chi connectivity index (χ3v) is 4.71. The Kier molecular flexibility index (Phi) is 5.22. The molecule has 0 fully saturated rings. The molecule has 0 radical (unpaired) electrons. The van der Waals surface area contributed by atoms with Crippen LogP contribution in [0.15, 0.2) is 53.9 Å². The molecule has 4 nitrogen and oxygen atoms in total. The lowest BCUT2D eigenvalue weighted by Gasteiger charge is -2.04. The zero-order chi connectivity index (χ0) is 17.6. The van der Waals surface area contributed by atoms with Crippen molar-refractivity contribution in [3.63, 3.8) is 0 Å². The van der Waals surface area contributed by atoms with Gasteiger partial charge in [-0.1, -0.05) is 49.4 Å². The second-order valence-electron chi connectivity index (χ2n) is 5.43. The molecule has 3 rings (SSSR count). The van der Waals surface area contributed by atoms with Gasteiger partial charge in [0.2, 0.25) is 0 Å². The Morgan fingerprint density at radius 1 is 1.20 bits per heavy atom. The van der Waals surface area contributed by atoms with E-state index in [9.17, 15) is 4.79 Å². The molecule has 0 saturated carbocycles. The van der Waals surface area contributed by atoms with Crippen LogP contribution in [-0.4, -0.2) is 11.0 Å². The first-order valence-electron chi connectivity index (χ1n) is 7.91. The van der Waals surface area contributed by atoms with E-state index < -0.39 is 5.97 Å². The van der Waals surface area contributed by atoms with Crippen LogP contribution < -0.4 is 0 Å². The number of carbonyl (C=O) groups is 1. The summed E-state index contributed by atoms with van der Waals surface area (Å²) in [5.41, 5.74) is 3.72. The lowest BCUT2D eigenvalue weighted by atomic mass is 10.1. The van der Waals surface area contributed by atoms with Crippen molar-refractivity contribution in [2.45, 2.75) is 20.0 Å². The summed E-state index contributed by atoms with van der Waals surface area (Å²) in [4.78, 5) is 16.6. The molecule has 2 aromatic carbocycles. The Bertz CT molecular complexity index is 923. The molecule has 0 aliphatic carbocycles. The van der Waals surface area contributed by atoms with Crippen LogP contribution in [0.25, 0.3) is 10.6 Å². The van der Waals surface area contributed by atoms with Crippen molar-refractivity contribution in [2.75, 3.05) is 0 Å². The molecule has 0 bridgehead atoms. The van der Waals surface area contributed by atoms with E-state index in [1.165, 1.54) is 16.9 Å². The molecule has 25 heavy (non-hydrogen) atoms. The van der Waals surface area contributed by atoms with Gasteiger partial charge in [0.1, 0.15) is 11.6 Å². The van der Waals surface area contributed by atoms with Crippen molar-refractivity contribution >= 4 is 17.3 Å². The molecule has 0 saturated heterocycles. The molecule has 0 unspecified atom stereocenters. The zero-order valence-electron chi connectivity index (χ0n) is 13.7. The third-order valence-electron chi connectivity index (χ3n) is 3.82. The lowest BCUT2D eigenvalue weighted by Crippen LogP contribution is -2.06. The normalized spacial score (nSPS) is 10.2. The summed E-state index contributed by atoms with van der Waals surface area (Å²) in [6, 6.07) is 17.3. The number of nitrogens with zero attached hydrogens (tertiary/aromatic N) is 2. The lowest BCUT2D eigenvalue weighted by molar-refractivity contribution is 0.0466. The highest BCUT2D eigenvalue weighted by Crippen LogP contribution is 2.24. The summed E-state index contributed by atoms with van der Waals surface area (Å²) in [5, 5.41) is 11.5. The van der Waals surface area contributed by atoms with Crippen molar-refractivity contribution in [1.29, 1.82) is 5.26 Å². The highest BCUT2D eigenvalue weighted by molar-refractivity contribution is 7.13. The van der Waals surface area contributed by atoms with Crippen molar-refractivity contribution < 1.29 is 9.53 Å². The maximum atomic E-state index is 12.2. The molecule has 1 aromatic heterocycles. The number of nitriles is 1. The fourth-order valence-corrected chi connectivity index (χ4v) is 3.15. The number of benzene rings is 2. The van der Waals surface area contributed by atoms with Crippen LogP contribution in [0.2, 0.25) is 0 Å². The van der Waals surface area contributed by atoms with Gasteiger partial charge in [0.05, 0.1) is 11.6 Å². The van der Waals surface area contributed by atoms with Crippen molar-refractivity contribution in [3.8, 4) is 16.6 Å². The maximum absolute atomic E-state index is 12.2. The van der Waals surface area contributed by atoms with E-state index in [-0.39, 0.29) is 12.3 Å². The average molecular weight is 348 g/mol. The van der Waals surface area contributed by atoms with Gasteiger partial charge in [-0.3, -0.25) is 0 Å². The van der Waals surface area contributed by atoms with Crippen LogP contribution in [0.5, 0.6) is 0 Å². The summed E-state index contributed by atoms with van der Waals surface area (Å²) in [6.45, 7) is 2.16. The second-order valence-corrected chi connectivity index (χ2v) is 6.29. The van der Waals surface area contributed by atoms with Gasteiger partial charge in [-0.15, -0.1) is 11.3 Å². The number of hydrogen-bond donors (Lipinski definition) is 0. The zero-order valence-corrected chi connectivity index (χ0v) is 14.5. The average Bonchev–Trinajstić information content (AvgIpc) is 3.16. The van der Waals surface area contributed by atoms with Gasteiger partial charge < -0.3 is 4.74 Å². The summed E-state index contributed by atoms with van der Waals surface area (Å²) in [6.07, 6.45) is 0.986. The molecule has 0 aliphatic rings. The predicted octanol–water partition coefficient (Wildman–Crippen LogP) is 4.60. The quantitative estimate of drug-likeness (QED) is 0.632. The minimum atomic E-state index is -0.486. The van der Waals surface area contributed by atoms with Gasteiger partial charge in [0, 0.05) is 16.5 Å². The first-order valence-corrected chi connectivity index (χ1v) is 8.79. The van der Waals surface area contributed by atoms with E-state index in [4.69, 9.17) is 10.00 Å². The summed E-state index contributed by atoms with van der Waals surface area (Å²) >= 11 is 1.41. The molecular formula is C20H16N2O2S. The summed E-state index contributed by atoms with van der Waals surface area (Å²) in [5.74, 6) is -0.486. The molecule has 0 N–H and O–H groups in total. The van der Waals surface area contributed by atoms with Gasteiger partial charge in [-0.05, 0) is 18.1 Å². The van der Waals surface area contributed by atoms with Crippen LogP contribution in [0.1, 0.15) is 34.1 Å². The van der Waals surface area contributed by atoms with E-state index in [1.807, 2.05) is 18.2 Å². The molecule has 0 spiro atoms. The summed E-state index contributed by atoms with van der Waals surface area (Å²) in [7, 11) is 0. The Labute approximate surface area is 150 Å². The Balaban J connectivity index is 1.69. The smallest absolute Gasteiger partial charge is 0.358 e. The predicted molar refractivity (Wildman–Crippen MR) is 97.2 cm³/mol. The van der Waals surface area contributed by atoms with Crippen LogP contribution in [0.3, 0.4) is 0 Å². The first kappa shape index (κ1) is 16.9. The second kappa shape index (κ2) is 7.73. The first-order chi connectivity index (χ1) is 12.2. The van der Waals surface area contributed by atoms with Crippen molar-refractivity contribution in [2.24, 2.45) is 0 Å².